The van der Waals surface area contributed by atoms with Crippen LogP contribution in [0.3, 0.4) is 0 Å². The van der Waals surface area contributed by atoms with Crippen molar-refractivity contribution in [3.63, 3.8) is 0 Å². The van der Waals surface area contributed by atoms with Crippen molar-refractivity contribution in [1.29, 1.82) is 0 Å². The number of nitrogens with one attached hydrogen (secondary N) is 2. The summed E-state index contributed by atoms with van der Waals surface area (Å²) in [5.41, 5.74) is 1.37. The van der Waals surface area contributed by atoms with E-state index in [0.717, 1.165) is 19.4 Å². The topological polar surface area (TPSA) is 33.3 Å². The molecule has 1 atom stereocenters. The predicted octanol–water partition coefficient (Wildman–Crippen LogP) is 2.12. The number of ether oxygens (including phenoxy) is 1. The van der Waals surface area contributed by atoms with Gasteiger partial charge in [-0.05, 0) is 37.5 Å². The number of rotatable bonds is 7. The molecular formula is C14H22N2OS. The minimum Gasteiger partial charge on any atom is -0.383 e. The fourth-order valence-electron chi connectivity index (χ4n) is 1.64. The van der Waals surface area contributed by atoms with Crippen molar-refractivity contribution in [2.75, 3.05) is 20.3 Å². The summed E-state index contributed by atoms with van der Waals surface area (Å²) >= 11 is 5.20. The van der Waals surface area contributed by atoms with Gasteiger partial charge in [-0.2, -0.15) is 0 Å². The molecule has 0 radical (unpaired) electrons. The smallest absolute Gasteiger partial charge is 0.166 e. The van der Waals surface area contributed by atoms with E-state index in [2.05, 4.69) is 41.8 Å². The second kappa shape index (κ2) is 8.89. The first kappa shape index (κ1) is 14.9. The first-order chi connectivity index (χ1) is 8.72. The standard InChI is InChI=1S/C14H22N2OS/c1-12(16-14(18)15-10-11-17-2)8-9-13-6-4-3-5-7-13/h3-7,12H,8-11H2,1-2H3,(H2,15,16,18). The Morgan fingerprint density at radius 1 is 1.33 bits per heavy atom. The molecule has 0 aliphatic carbocycles. The Hall–Kier alpha value is -1.13. The lowest BCUT2D eigenvalue weighted by molar-refractivity contribution is 0.204. The highest BCUT2D eigenvalue weighted by atomic mass is 32.1. The summed E-state index contributed by atoms with van der Waals surface area (Å²) in [6, 6.07) is 10.9. The third-order valence-electron chi connectivity index (χ3n) is 2.68. The maximum atomic E-state index is 5.20. The van der Waals surface area contributed by atoms with E-state index in [1.807, 2.05) is 6.07 Å². The van der Waals surface area contributed by atoms with Crippen molar-refractivity contribution in [3.05, 3.63) is 35.9 Å². The maximum Gasteiger partial charge on any atom is 0.166 e. The Morgan fingerprint density at radius 3 is 2.72 bits per heavy atom. The first-order valence-corrected chi connectivity index (χ1v) is 6.70. The normalized spacial score (nSPS) is 11.9. The number of methoxy groups -OCH3 is 1. The van der Waals surface area contributed by atoms with Crippen molar-refractivity contribution >= 4 is 17.3 Å². The average Bonchev–Trinajstić information content (AvgIpc) is 2.38. The van der Waals surface area contributed by atoms with Crippen LogP contribution in [0.5, 0.6) is 0 Å². The lowest BCUT2D eigenvalue weighted by Crippen LogP contribution is -2.41. The highest BCUT2D eigenvalue weighted by Crippen LogP contribution is 2.04. The fraction of sp³-hybridized carbons (Fsp3) is 0.500. The Balaban J connectivity index is 2.17. The summed E-state index contributed by atoms with van der Waals surface area (Å²) in [5.74, 6) is 0. The van der Waals surface area contributed by atoms with Crippen LogP contribution in [0.25, 0.3) is 0 Å². The number of aryl methyl sites for hydroxylation is 1. The monoisotopic (exact) mass is 266 g/mol. The van der Waals surface area contributed by atoms with Gasteiger partial charge in [0, 0.05) is 19.7 Å². The Labute approximate surface area is 115 Å². The molecule has 0 saturated heterocycles. The van der Waals surface area contributed by atoms with E-state index in [9.17, 15) is 0 Å². The van der Waals surface area contributed by atoms with E-state index in [4.69, 9.17) is 17.0 Å². The molecular weight excluding hydrogens is 244 g/mol. The van der Waals surface area contributed by atoms with Gasteiger partial charge in [0.05, 0.1) is 6.61 Å². The molecule has 0 aliphatic rings. The lowest BCUT2D eigenvalue weighted by Gasteiger charge is -2.16. The van der Waals surface area contributed by atoms with Crippen LogP contribution >= 0.6 is 12.2 Å². The van der Waals surface area contributed by atoms with Crippen molar-refractivity contribution < 1.29 is 4.74 Å². The minimum atomic E-state index is 0.368. The van der Waals surface area contributed by atoms with Crippen LogP contribution in [0.2, 0.25) is 0 Å². The molecule has 0 aromatic heterocycles. The van der Waals surface area contributed by atoms with Crippen molar-refractivity contribution in [2.24, 2.45) is 0 Å². The molecule has 3 nitrogen and oxygen atoms in total. The summed E-state index contributed by atoms with van der Waals surface area (Å²) in [4.78, 5) is 0. The van der Waals surface area contributed by atoms with Crippen LogP contribution in [0, 0.1) is 0 Å². The highest BCUT2D eigenvalue weighted by molar-refractivity contribution is 7.80. The van der Waals surface area contributed by atoms with Gasteiger partial charge in [0.25, 0.3) is 0 Å². The molecule has 1 rings (SSSR count). The first-order valence-electron chi connectivity index (χ1n) is 6.29. The van der Waals surface area contributed by atoms with E-state index in [1.54, 1.807) is 7.11 Å². The molecule has 0 spiro atoms. The largest absolute Gasteiger partial charge is 0.383 e. The molecule has 0 heterocycles. The summed E-state index contributed by atoms with van der Waals surface area (Å²) < 4.78 is 4.95. The van der Waals surface area contributed by atoms with Gasteiger partial charge >= 0.3 is 0 Å². The molecule has 0 saturated carbocycles. The molecule has 0 bridgehead atoms. The van der Waals surface area contributed by atoms with Gasteiger partial charge in [0.1, 0.15) is 0 Å². The minimum absolute atomic E-state index is 0.368. The average molecular weight is 266 g/mol. The molecule has 100 valence electrons. The molecule has 18 heavy (non-hydrogen) atoms. The molecule has 1 aromatic carbocycles. The SMILES string of the molecule is COCCNC(=S)NC(C)CCc1ccccc1. The van der Waals surface area contributed by atoms with E-state index < -0.39 is 0 Å². The third kappa shape index (κ3) is 6.57. The number of hydrogen-bond donors (Lipinski definition) is 2. The number of thiocarbonyl (C=S) groups is 1. The fourth-order valence-corrected chi connectivity index (χ4v) is 1.94. The Morgan fingerprint density at radius 2 is 2.06 bits per heavy atom. The number of hydrogen-bond acceptors (Lipinski definition) is 2. The van der Waals surface area contributed by atoms with Crippen molar-refractivity contribution in [1.82, 2.24) is 10.6 Å². The molecule has 1 aromatic rings. The predicted molar refractivity (Wildman–Crippen MR) is 79.8 cm³/mol. The van der Waals surface area contributed by atoms with Gasteiger partial charge in [0.15, 0.2) is 5.11 Å². The van der Waals surface area contributed by atoms with Crippen LogP contribution in [0.4, 0.5) is 0 Å². The molecule has 4 heteroatoms. The lowest BCUT2D eigenvalue weighted by atomic mass is 10.1. The van der Waals surface area contributed by atoms with Gasteiger partial charge in [-0.3, -0.25) is 0 Å². The van der Waals surface area contributed by atoms with Crippen LogP contribution in [-0.4, -0.2) is 31.4 Å². The Bertz CT molecular complexity index is 343. The second-order valence-corrected chi connectivity index (χ2v) is 4.73. The van der Waals surface area contributed by atoms with Gasteiger partial charge in [-0.25, -0.2) is 0 Å². The summed E-state index contributed by atoms with van der Waals surface area (Å²) in [7, 11) is 1.68. The molecule has 0 fully saturated rings. The molecule has 1 unspecified atom stereocenters. The van der Waals surface area contributed by atoms with Gasteiger partial charge in [0.2, 0.25) is 0 Å². The van der Waals surface area contributed by atoms with Crippen LogP contribution in [0.1, 0.15) is 18.9 Å². The summed E-state index contributed by atoms with van der Waals surface area (Å²) in [6.07, 6.45) is 2.13. The van der Waals surface area contributed by atoms with Crippen LogP contribution < -0.4 is 10.6 Å². The Kier molecular flexibility index (Phi) is 7.37. The van der Waals surface area contributed by atoms with Crippen molar-refractivity contribution in [2.45, 2.75) is 25.8 Å². The number of benzene rings is 1. The van der Waals surface area contributed by atoms with E-state index >= 15 is 0 Å². The maximum absolute atomic E-state index is 5.20. The van der Waals surface area contributed by atoms with Crippen LogP contribution in [-0.2, 0) is 11.2 Å². The quantitative estimate of drug-likeness (QED) is 0.585. The van der Waals surface area contributed by atoms with Gasteiger partial charge < -0.3 is 15.4 Å². The van der Waals surface area contributed by atoms with E-state index in [1.165, 1.54) is 5.56 Å². The second-order valence-electron chi connectivity index (χ2n) is 4.32. The zero-order valence-electron chi connectivity index (χ0n) is 11.1. The van der Waals surface area contributed by atoms with E-state index in [-0.39, 0.29) is 0 Å². The molecule has 2 N–H and O–H groups in total. The third-order valence-corrected chi connectivity index (χ3v) is 2.94. The molecule has 0 amide bonds. The van der Waals surface area contributed by atoms with E-state index in [0.29, 0.717) is 17.8 Å². The highest BCUT2D eigenvalue weighted by Gasteiger charge is 2.04. The summed E-state index contributed by atoms with van der Waals surface area (Å²) in [6.45, 7) is 3.56. The van der Waals surface area contributed by atoms with Gasteiger partial charge in [-0.1, -0.05) is 30.3 Å². The zero-order valence-corrected chi connectivity index (χ0v) is 11.9. The zero-order chi connectivity index (χ0) is 13.2. The summed E-state index contributed by atoms with van der Waals surface area (Å²) in [5, 5.41) is 7.08. The van der Waals surface area contributed by atoms with Crippen molar-refractivity contribution in [3.8, 4) is 0 Å². The molecule has 0 aliphatic heterocycles. The van der Waals surface area contributed by atoms with Gasteiger partial charge in [-0.15, -0.1) is 0 Å². The van der Waals surface area contributed by atoms with Crippen LogP contribution in [0.15, 0.2) is 30.3 Å².